The van der Waals surface area contributed by atoms with Crippen molar-refractivity contribution < 1.29 is 13.9 Å². The van der Waals surface area contributed by atoms with E-state index in [4.69, 9.17) is 4.74 Å². The Morgan fingerprint density at radius 3 is 2.50 bits per heavy atom. The number of ether oxygens (including phenoxy) is 1. The van der Waals surface area contributed by atoms with Gasteiger partial charge in [0.25, 0.3) is 0 Å². The van der Waals surface area contributed by atoms with Crippen LogP contribution in [0.1, 0.15) is 27.9 Å². The summed E-state index contributed by atoms with van der Waals surface area (Å²) >= 11 is 0. The van der Waals surface area contributed by atoms with Gasteiger partial charge in [-0.1, -0.05) is 23.8 Å². The Hall–Kier alpha value is -2.16. The van der Waals surface area contributed by atoms with Crippen molar-refractivity contribution in [2.75, 3.05) is 7.11 Å². The first-order valence-electron chi connectivity index (χ1n) is 6.52. The van der Waals surface area contributed by atoms with Crippen LogP contribution in [-0.2, 0) is 6.42 Å². The molecule has 3 heteroatoms. The van der Waals surface area contributed by atoms with Gasteiger partial charge in [-0.05, 0) is 43.2 Å². The molecule has 104 valence electrons. The zero-order chi connectivity index (χ0) is 14.5. The monoisotopic (exact) mass is 272 g/mol. The lowest BCUT2D eigenvalue weighted by molar-refractivity contribution is 0.0979. The highest BCUT2D eigenvalue weighted by Gasteiger charge is 2.11. The van der Waals surface area contributed by atoms with Crippen molar-refractivity contribution in [3.8, 4) is 5.75 Å². The Balaban J connectivity index is 2.02. The number of Topliss-reactive ketones (excluding diaryl/α,β-unsaturated/α-hetero) is 1. The van der Waals surface area contributed by atoms with Gasteiger partial charge in [-0.25, -0.2) is 4.39 Å². The third kappa shape index (κ3) is 3.44. The zero-order valence-electron chi connectivity index (χ0n) is 11.7. The van der Waals surface area contributed by atoms with Gasteiger partial charge in [0.05, 0.1) is 12.7 Å². The van der Waals surface area contributed by atoms with Crippen molar-refractivity contribution in [2.45, 2.75) is 19.8 Å². The number of hydrogen-bond acceptors (Lipinski definition) is 2. The number of halogens is 1. The molecule has 2 nitrogen and oxygen atoms in total. The normalized spacial score (nSPS) is 10.3. The number of ketones is 1. The molecule has 2 aromatic rings. The Morgan fingerprint density at radius 1 is 1.15 bits per heavy atom. The average Bonchev–Trinajstić information content (AvgIpc) is 2.47. The SMILES string of the molecule is COc1ccc(CCC(=O)c2cc(C)ccc2F)cc1. The number of aryl methyl sites for hydroxylation is 2. The maximum Gasteiger partial charge on any atom is 0.166 e. The van der Waals surface area contributed by atoms with E-state index >= 15 is 0 Å². The highest BCUT2D eigenvalue weighted by Crippen LogP contribution is 2.16. The number of rotatable bonds is 5. The lowest BCUT2D eigenvalue weighted by atomic mass is 10.0. The van der Waals surface area contributed by atoms with Gasteiger partial charge in [0.15, 0.2) is 5.78 Å². The molecule has 0 fully saturated rings. The minimum absolute atomic E-state index is 0.165. The molecule has 0 saturated carbocycles. The van der Waals surface area contributed by atoms with Crippen molar-refractivity contribution in [1.29, 1.82) is 0 Å². The smallest absolute Gasteiger partial charge is 0.166 e. The Morgan fingerprint density at radius 2 is 1.85 bits per heavy atom. The summed E-state index contributed by atoms with van der Waals surface area (Å²) < 4.78 is 18.7. The average molecular weight is 272 g/mol. The van der Waals surface area contributed by atoms with Crippen LogP contribution in [0.5, 0.6) is 5.75 Å². The van der Waals surface area contributed by atoms with Gasteiger partial charge in [0.2, 0.25) is 0 Å². The van der Waals surface area contributed by atoms with E-state index in [1.54, 1.807) is 19.2 Å². The molecule has 0 bridgehead atoms. The maximum atomic E-state index is 13.6. The lowest BCUT2D eigenvalue weighted by Crippen LogP contribution is -2.04. The van der Waals surface area contributed by atoms with Crippen molar-refractivity contribution in [3.63, 3.8) is 0 Å². The summed E-state index contributed by atoms with van der Waals surface area (Å²) in [5, 5.41) is 0. The molecule has 0 heterocycles. The van der Waals surface area contributed by atoms with Gasteiger partial charge >= 0.3 is 0 Å². The van der Waals surface area contributed by atoms with Gasteiger partial charge in [0.1, 0.15) is 11.6 Å². The lowest BCUT2D eigenvalue weighted by Gasteiger charge is -2.05. The minimum atomic E-state index is -0.449. The fourth-order valence-electron chi connectivity index (χ4n) is 2.04. The van der Waals surface area contributed by atoms with E-state index in [9.17, 15) is 9.18 Å². The molecule has 0 aliphatic rings. The van der Waals surface area contributed by atoms with Crippen LogP contribution in [-0.4, -0.2) is 12.9 Å². The van der Waals surface area contributed by atoms with Crippen LogP contribution in [0, 0.1) is 12.7 Å². The van der Waals surface area contributed by atoms with Crippen LogP contribution in [0.4, 0.5) is 4.39 Å². The Labute approximate surface area is 118 Å². The standard InChI is InChI=1S/C17H17FO2/c1-12-3-9-16(18)15(11-12)17(19)10-6-13-4-7-14(20-2)8-5-13/h3-5,7-9,11H,6,10H2,1-2H3. The third-order valence-electron chi connectivity index (χ3n) is 3.22. The van der Waals surface area contributed by atoms with E-state index in [-0.39, 0.29) is 11.3 Å². The molecular weight excluding hydrogens is 255 g/mol. The van der Waals surface area contributed by atoms with Crippen LogP contribution in [0.3, 0.4) is 0 Å². The zero-order valence-corrected chi connectivity index (χ0v) is 11.7. The second-order valence-electron chi connectivity index (χ2n) is 4.75. The summed E-state index contributed by atoms with van der Waals surface area (Å²) in [5.74, 6) is 0.169. The molecule has 0 radical (unpaired) electrons. The summed E-state index contributed by atoms with van der Waals surface area (Å²) in [7, 11) is 1.61. The van der Waals surface area contributed by atoms with Gasteiger partial charge in [-0.2, -0.15) is 0 Å². The number of methoxy groups -OCH3 is 1. The predicted octanol–water partition coefficient (Wildman–Crippen LogP) is 3.96. The molecule has 2 aromatic carbocycles. The molecule has 0 saturated heterocycles. The van der Waals surface area contributed by atoms with Crippen LogP contribution >= 0.6 is 0 Å². The molecule has 2 rings (SSSR count). The summed E-state index contributed by atoms with van der Waals surface area (Å²) in [6, 6.07) is 12.1. The molecule has 0 aromatic heterocycles. The number of hydrogen-bond donors (Lipinski definition) is 0. The number of benzene rings is 2. The van der Waals surface area contributed by atoms with Crippen molar-refractivity contribution in [1.82, 2.24) is 0 Å². The Bertz CT molecular complexity index is 603. The highest BCUT2D eigenvalue weighted by molar-refractivity contribution is 5.96. The molecule has 0 N–H and O–H groups in total. The first kappa shape index (κ1) is 14.3. The maximum absolute atomic E-state index is 13.6. The first-order chi connectivity index (χ1) is 9.60. The van der Waals surface area contributed by atoms with Crippen LogP contribution < -0.4 is 4.74 Å². The fourth-order valence-corrected chi connectivity index (χ4v) is 2.04. The molecule has 0 spiro atoms. The van der Waals surface area contributed by atoms with Gasteiger partial charge < -0.3 is 4.74 Å². The minimum Gasteiger partial charge on any atom is -0.497 e. The van der Waals surface area contributed by atoms with Crippen molar-refractivity contribution >= 4 is 5.78 Å². The molecule has 0 amide bonds. The van der Waals surface area contributed by atoms with E-state index < -0.39 is 5.82 Å². The van der Waals surface area contributed by atoms with Gasteiger partial charge in [-0.3, -0.25) is 4.79 Å². The van der Waals surface area contributed by atoms with E-state index in [1.807, 2.05) is 31.2 Å². The second-order valence-corrected chi connectivity index (χ2v) is 4.75. The summed E-state index contributed by atoms with van der Waals surface area (Å²) in [6.07, 6.45) is 0.892. The van der Waals surface area contributed by atoms with Crippen LogP contribution in [0.2, 0.25) is 0 Å². The predicted molar refractivity (Wildman–Crippen MR) is 76.8 cm³/mol. The van der Waals surface area contributed by atoms with Crippen LogP contribution in [0.25, 0.3) is 0 Å². The summed E-state index contributed by atoms with van der Waals surface area (Å²) in [5.41, 5.74) is 2.10. The largest absolute Gasteiger partial charge is 0.497 e. The van der Waals surface area contributed by atoms with E-state index in [0.29, 0.717) is 12.8 Å². The van der Waals surface area contributed by atoms with Crippen molar-refractivity contribution in [2.24, 2.45) is 0 Å². The number of carbonyl (C=O) groups excluding carboxylic acids is 1. The van der Waals surface area contributed by atoms with Gasteiger partial charge in [0, 0.05) is 6.42 Å². The topological polar surface area (TPSA) is 26.3 Å². The quantitative estimate of drug-likeness (QED) is 0.770. The molecule has 0 aliphatic heterocycles. The number of carbonyl (C=O) groups is 1. The summed E-state index contributed by atoms with van der Waals surface area (Å²) in [6.45, 7) is 1.85. The molecule has 0 unspecified atom stereocenters. The molecular formula is C17H17FO2. The highest BCUT2D eigenvalue weighted by atomic mass is 19.1. The van der Waals surface area contributed by atoms with Crippen LogP contribution in [0.15, 0.2) is 42.5 Å². The van der Waals surface area contributed by atoms with Gasteiger partial charge in [-0.15, -0.1) is 0 Å². The third-order valence-corrected chi connectivity index (χ3v) is 3.22. The second kappa shape index (κ2) is 6.33. The first-order valence-corrected chi connectivity index (χ1v) is 6.52. The van der Waals surface area contributed by atoms with Crippen molar-refractivity contribution in [3.05, 3.63) is 65.0 Å². The Kier molecular flexibility index (Phi) is 4.51. The fraction of sp³-hybridized carbons (Fsp3) is 0.235. The molecule has 0 atom stereocenters. The van der Waals surface area contributed by atoms with E-state index in [2.05, 4.69) is 0 Å². The molecule has 20 heavy (non-hydrogen) atoms. The molecule has 0 aliphatic carbocycles. The summed E-state index contributed by atoms with van der Waals surface area (Å²) in [4.78, 5) is 12.0. The van der Waals surface area contributed by atoms with E-state index in [1.165, 1.54) is 6.07 Å². The van der Waals surface area contributed by atoms with E-state index in [0.717, 1.165) is 16.9 Å².